The summed E-state index contributed by atoms with van der Waals surface area (Å²) in [5.41, 5.74) is 0. The normalized spacial score (nSPS) is 10.4. The molecule has 0 fully saturated rings. The topological polar surface area (TPSA) is 35.0 Å². The van der Waals surface area contributed by atoms with Crippen molar-refractivity contribution in [1.82, 2.24) is 9.97 Å². The van der Waals surface area contributed by atoms with Crippen molar-refractivity contribution >= 4 is 46.4 Å². The van der Waals surface area contributed by atoms with Crippen LogP contribution in [-0.2, 0) is 0 Å². The van der Waals surface area contributed by atoms with Crippen molar-refractivity contribution in [3.8, 4) is 11.6 Å². The summed E-state index contributed by atoms with van der Waals surface area (Å²) in [5, 5.41) is 1.10. The SMILES string of the molecule is Clc1nccc(Oc2cc(Cl)c(Cl)cc2Cl)n1. The minimum atomic E-state index is 0.0821. The molecule has 1 aromatic carbocycles. The number of ether oxygens (including phenoxy) is 1. The second-order valence-electron chi connectivity index (χ2n) is 2.96. The van der Waals surface area contributed by atoms with Crippen LogP contribution in [0.15, 0.2) is 24.4 Å². The van der Waals surface area contributed by atoms with E-state index in [0.717, 1.165) is 0 Å². The molecule has 0 saturated heterocycles. The quantitative estimate of drug-likeness (QED) is 0.585. The molecule has 0 aliphatic rings. The van der Waals surface area contributed by atoms with Crippen LogP contribution in [0.1, 0.15) is 0 Å². The lowest BCUT2D eigenvalue weighted by atomic mass is 10.3. The maximum Gasteiger partial charge on any atom is 0.225 e. The summed E-state index contributed by atoms with van der Waals surface area (Å²) in [6.45, 7) is 0. The van der Waals surface area contributed by atoms with Crippen molar-refractivity contribution in [2.75, 3.05) is 0 Å². The van der Waals surface area contributed by atoms with Crippen LogP contribution in [0.3, 0.4) is 0 Å². The summed E-state index contributed by atoms with van der Waals surface area (Å²) in [6.07, 6.45) is 1.47. The van der Waals surface area contributed by atoms with Crippen molar-refractivity contribution in [1.29, 1.82) is 0 Å². The molecular weight excluding hydrogens is 306 g/mol. The first-order valence-electron chi connectivity index (χ1n) is 4.37. The van der Waals surface area contributed by atoms with Gasteiger partial charge in [0.25, 0.3) is 0 Å². The molecular formula is C10H4Cl4N2O. The molecule has 88 valence electrons. The first kappa shape index (κ1) is 12.7. The van der Waals surface area contributed by atoms with Gasteiger partial charge in [0, 0.05) is 18.3 Å². The lowest BCUT2D eigenvalue weighted by Gasteiger charge is -2.07. The predicted molar refractivity (Wildman–Crippen MR) is 68.6 cm³/mol. The Bertz CT molecular complexity index is 562. The van der Waals surface area contributed by atoms with Crippen molar-refractivity contribution < 1.29 is 4.74 Å². The molecule has 1 aromatic heterocycles. The van der Waals surface area contributed by atoms with E-state index in [0.29, 0.717) is 20.8 Å². The van der Waals surface area contributed by atoms with Crippen molar-refractivity contribution in [3.63, 3.8) is 0 Å². The molecule has 0 aliphatic heterocycles. The number of halogens is 4. The Morgan fingerprint density at radius 2 is 1.65 bits per heavy atom. The Balaban J connectivity index is 2.33. The standard InChI is InChI=1S/C10H4Cl4N2O/c11-5-3-7(13)8(4-6(5)12)17-9-1-2-15-10(14)16-9/h1-4H. The van der Waals surface area contributed by atoms with Gasteiger partial charge in [0.1, 0.15) is 5.75 Å². The Morgan fingerprint density at radius 3 is 2.35 bits per heavy atom. The summed E-state index contributed by atoms with van der Waals surface area (Å²) in [5.74, 6) is 0.612. The molecule has 0 atom stereocenters. The monoisotopic (exact) mass is 308 g/mol. The van der Waals surface area contributed by atoms with Gasteiger partial charge in [0.05, 0.1) is 15.1 Å². The van der Waals surface area contributed by atoms with E-state index < -0.39 is 0 Å². The highest BCUT2D eigenvalue weighted by Crippen LogP contribution is 2.35. The molecule has 0 unspecified atom stereocenters. The van der Waals surface area contributed by atoms with Gasteiger partial charge < -0.3 is 4.74 Å². The Morgan fingerprint density at radius 1 is 0.941 bits per heavy atom. The van der Waals surface area contributed by atoms with Gasteiger partial charge in [-0.3, -0.25) is 0 Å². The number of hydrogen-bond acceptors (Lipinski definition) is 3. The van der Waals surface area contributed by atoms with Gasteiger partial charge in [0.2, 0.25) is 11.2 Å². The molecule has 0 amide bonds. The maximum absolute atomic E-state index is 5.95. The average molecular weight is 310 g/mol. The second kappa shape index (κ2) is 5.27. The van der Waals surface area contributed by atoms with Crippen molar-refractivity contribution in [2.24, 2.45) is 0 Å². The Hall–Kier alpha value is -0.740. The summed E-state index contributed by atoms with van der Waals surface area (Å²) >= 11 is 23.2. The van der Waals surface area contributed by atoms with Crippen molar-refractivity contribution in [3.05, 3.63) is 44.7 Å². The molecule has 0 radical (unpaired) electrons. The highest BCUT2D eigenvalue weighted by atomic mass is 35.5. The minimum absolute atomic E-state index is 0.0821. The van der Waals surface area contributed by atoms with E-state index in [4.69, 9.17) is 51.1 Å². The lowest BCUT2D eigenvalue weighted by molar-refractivity contribution is 0.462. The molecule has 7 heteroatoms. The third-order valence-electron chi connectivity index (χ3n) is 1.79. The molecule has 17 heavy (non-hydrogen) atoms. The first-order chi connectivity index (χ1) is 8.06. The van der Waals surface area contributed by atoms with Crippen LogP contribution in [0, 0.1) is 0 Å². The number of rotatable bonds is 2. The van der Waals surface area contributed by atoms with E-state index in [1.165, 1.54) is 18.3 Å². The largest absolute Gasteiger partial charge is 0.437 e. The number of benzene rings is 1. The predicted octanol–water partition coefficient (Wildman–Crippen LogP) is 4.88. The van der Waals surface area contributed by atoms with Gasteiger partial charge in [-0.25, -0.2) is 4.98 Å². The summed E-state index contributed by atoms with van der Waals surface area (Å²) in [7, 11) is 0. The van der Waals surface area contributed by atoms with E-state index >= 15 is 0 Å². The molecule has 2 rings (SSSR count). The van der Waals surface area contributed by atoms with E-state index in [9.17, 15) is 0 Å². The van der Waals surface area contributed by atoms with E-state index in [1.54, 1.807) is 6.07 Å². The van der Waals surface area contributed by atoms with Gasteiger partial charge in [0.15, 0.2) is 0 Å². The zero-order valence-electron chi connectivity index (χ0n) is 8.12. The fraction of sp³-hybridized carbons (Fsp3) is 0. The third-order valence-corrected chi connectivity index (χ3v) is 2.99. The van der Waals surface area contributed by atoms with Crippen LogP contribution in [0.25, 0.3) is 0 Å². The fourth-order valence-corrected chi connectivity index (χ4v) is 1.79. The fourth-order valence-electron chi connectivity index (χ4n) is 1.07. The average Bonchev–Trinajstić information content (AvgIpc) is 2.26. The van der Waals surface area contributed by atoms with Gasteiger partial charge in [-0.05, 0) is 17.7 Å². The van der Waals surface area contributed by atoms with E-state index in [2.05, 4.69) is 9.97 Å². The van der Waals surface area contributed by atoms with Crippen LogP contribution in [0.4, 0.5) is 0 Å². The van der Waals surface area contributed by atoms with Crippen LogP contribution in [0.2, 0.25) is 20.4 Å². The second-order valence-corrected chi connectivity index (χ2v) is 4.52. The molecule has 0 bridgehead atoms. The van der Waals surface area contributed by atoms with Crippen molar-refractivity contribution in [2.45, 2.75) is 0 Å². The highest BCUT2D eigenvalue weighted by Gasteiger charge is 2.09. The van der Waals surface area contributed by atoms with Gasteiger partial charge >= 0.3 is 0 Å². The smallest absolute Gasteiger partial charge is 0.225 e. The van der Waals surface area contributed by atoms with E-state index in [1.807, 2.05) is 0 Å². The van der Waals surface area contributed by atoms with Gasteiger partial charge in [-0.15, -0.1) is 0 Å². The van der Waals surface area contributed by atoms with Crippen LogP contribution in [-0.4, -0.2) is 9.97 Å². The molecule has 3 nitrogen and oxygen atoms in total. The number of nitrogens with zero attached hydrogens (tertiary/aromatic N) is 2. The minimum Gasteiger partial charge on any atom is -0.437 e. The Labute approximate surface area is 117 Å². The molecule has 0 N–H and O–H groups in total. The Kier molecular flexibility index (Phi) is 3.94. The summed E-state index contributed by atoms with van der Waals surface area (Å²) in [4.78, 5) is 7.59. The van der Waals surface area contributed by atoms with Gasteiger partial charge in [-0.1, -0.05) is 34.8 Å². The van der Waals surface area contributed by atoms with Crippen LogP contribution < -0.4 is 4.74 Å². The molecule has 2 aromatic rings. The zero-order valence-corrected chi connectivity index (χ0v) is 11.1. The number of aromatic nitrogens is 2. The maximum atomic E-state index is 5.95. The third kappa shape index (κ3) is 3.13. The van der Waals surface area contributed by atoms with Gasteiger partial charge in [-0.2, -0.15) is 4.98 Å². The summed E-state index contributed by atoms with van der Waals surface area (Å²) < 4.78 is 5.42. The van der Waals surface area contributed by atoms with E-state index in [-0.39, 0.29) is 11.2 Å². The molecule has 1 heterocycles. The van der Waals surface area contributed by atoms with Crippen LogP contribution >= 0.6 is 46.4 Å². The first-order valence-corrected chi connectivity index (χ1v) is 5.88. The summed E-state index contributed by atoms with van der Waals surface area (Å²) in [6, 6.07) is 4.54. The molecule has 0 saturated carbocycles. The lowest BCUT2D eigenvalue weighted by Crippen LogP contribution is -1.90. The zero-order chi connectivity index (χ0) is 12.4. The number of hydrogen-bond donors (Lipinski definition) is 0. The van der Waals surface area contributed by atoms with Crippen LogP contribution in [0.5, 0.6) is 11.6 Å². The molecule has 0 aliphatic carbocycles. The highest BCUT2D eigenvalue weighted by molar-refractivity contribution is 6.43. The molecule has 0 spiro atoms.